The minimum Gasteiger partial charge on any atom is -0.463 e. The number of carbonyl (C=O) groups excluding carboxylic acids is 2. The Morgan fingerprint density at radius 3 is 2.48 bits per heavy atom. The standard InChI is InChI=1S/C20H31NO11S/c1-4-30-19(29)10-5-12(31-8(10)2)14(16(26)11(23)6-22)21-13(24)7-33-20-18(28)17(27)15(25)9(3)32-20/h5,9,11,14-18,20,22-23,25-28H,4,6-7H2,1-3H3,(H,21,24)/t9-,11+,14-,15+,16+,17+,18-,20-/m0/s1. The van der Waals surface area contributed by atoms with Crippen LogP contribution in [0, 0.1) is 6.92 Å². The normalized spacial score (nSPS) is 28.1. The smallest absolute Gasteiger partial charge is 0.341 e. The van der Waals surface area contributed by atoms with Crippen LogP contribution in [0.3, 0.4) is 0 Å². The van der Waals surface area contributed by atoms with Crippen LogP contribution in [0.5, 0.6) is 0 Å². The molecule has 1 saturated heterocycles. The number of nitrogens with one attached hydrogen (secondary N) is 1. The molecule has 33 heavy (non-hydrogen) atoms. The molecule has 0 radical (unpaired) electrons. The lowest BCUT2D eigenvalue weighted by molar-refractivity contribution is -0.192. The number of aliphatic hydroxyl groups is 6. The van der Waals surface area contributed by atoms with Crippen molar-refractivity contribution in [3.63, 3.8) is 0 Å². The van der Waals surface area contributed by atoms with Crippen molar-refractivity contribution >= 4 is 23.6 Å². The molecule has 8 atom stereocenters. The maximum absolute atomic E-state index is 12.6. The van der Waals surface area contributed by atoms with Crippen LogP contribution in [0.4, 0.5) is 0 Å². The average Bonchev–Trinajstić information content (AvgIpc) is 3.17. The number of aliphatic hydroxyl groups excluding tert-OH is 6. The third-order valence-electron chi connectivity index (χ3n) is 5.17. The summed E-state index contributed by atoms with van der Waals surface area (Å²) in [6.45, 7) is 3.95. The van der Waals surface area contributed by atoms with Crippen molar-refractivity contribution in [1.82, 2.24) is 5.32 Å². The predicted octanol–water partition coefficient (Wildman–Crippen LogP) is -1.80. The molecule has 188 valence electrons. The van der Waals surface area contributed by atoms with Gasteiger partial charge in [0, 0.05) is 0 Å². The van der Waals surface area contributed by atoms with E-state index >= 15 is 0 Å². The predicted molar refractivity (Wildman–Crippen MR) is 114 cm³/mol. The van der Waals surface area contributed by atoms with Crippen LogP contribution in [0.2, 0.25) is 0 Å². The molecule has 0 aliphatic carbocycles. The average molecular weight is 494 g/mol. The maximum Gasteiger partial charge on any atom is 0.341 e. The van der Waals surface area contributed by atoms with Crippen LogP contribution in [0.15, 0.2) is 10.5 Å². The first kappa shape index (κ1) is 27.5. The van der Waals surface area contributed by atoms with Crippen LogP contribution in [0.25, 0.3) is 0 Å². The van der Waals surface area contributed by atoms with Crippen molar-refractivity contribution in [2.75, 3.05) is 19.0 Å². The number of aryl methyl sites for hydroxylation is 1. The molecule has 2 heterocycles. The lowest BCUT2D eigenvalue weighted by Gasteiger charge is -2.38. The molecule has 1 aliphatic rings. The molecule has 1 aromatic heterocycles. The third-order valence-corrected chi connectivity index (χ3v) is 6.31. The molecule has 1 amide bonds. The quantitative estimate of drug-likeness (QED) is 0.181. The summed E-state index contributed by atoms with van der Waals surface area (Å²) in [5, 5.41) is 61.7. The van der Waals surface area contributed by atoms with Gasteiger partial charge in [0.2, 0.25) is 5.91 Å². The molecular formula is C20H31NO11S. The molecule has 2 rings (SSSR count). The van der Waals surface area contributed by atoms with Gasteiger partial charge in [-0.2, -0.15) is 0 Å². The van der Waals surface area contributed by atoms with Gasteiger partial charge in [0.25, 0.3) is 0 Å². The minimum absolute atomic E-state index is 0.0463. The van der Waals surface area contributed by atoms with E-state index in [0.717, 1.165) is 11.8 Å². The second-order valence-corrected chi connectivity index (χ2v) is 8.70. The Kier molecular flexibility index (Phi) is 10.1. The van der Waals surface area contributed by atoms with E-state index in [1.54, 1.807) is 6.92 Å². The zero-order valence-electron chi connectivity index (χ0n) is 18.5. The van der Waals surface area contributed by atoms with Gasteiger partial charge in [0.15, 0.2) is 0 Å². The number of carbonyl (C=O) groups is 2. The topological polar surface area (TPSA) is 199 Å². The van der Waals surface area contributed by atoms with Crippen LogP contribution < -0.4 is 5.32 Å². The van der Waals surface area contributed by atoms with Crippen molar-refractivity contribution in [1.29, 1.82) is 0 Å². The molecule has 13 heteroatoms. The third kappa shape index (κ3) is 6.67. The van der Waals surface area contributed by atoms with E-state index in [1.807, 2.05) is 0 Å². The molecule has 0 unspecified atom stereocenters. The Balaban J connectivity index is 2.13. The Labute approximate surface area is 194 Å². The number of amides is 1. The Morgan fingerprint density at radius 2 is 1.88 bits per heavy atom. The second-order valence-electron chi connectivity index (χ2n) is 7.62. The summed E-state index contributed by atoms with van der Waals surface area (Å²) in [6.07, 6.45) is -8.24. The SMILES string of the molecule is CCOC(=O)c1cc([C@H](NC(=O)CS[C@@H]2O[C@@H](C)[C@@H](O)[C@@H](O)[C@@H]2O)[C@H](O)[C@H](O)CO)oc1C. The van der Waals surface area contributed by atoms with Crippen LogP contribution in [0.1, 0.15) is 41.8 Å². The number of esters is 1. The lowest BCUT2D eigenvalue weighted by atomic mass is 10.0. The van der Waals surface area contributed by atoms with E-state index in [1.165, 1.54) is 19.9 Å². The fraction of sp³-hybridized carbons (Fsp3) is 0.700. The van der Waals surface area contributed by atoms with Gasteiger partial charge in [-0.1, -0.05) is 0 Å². The highest BCUT2D eigenvalue weighted by Crippen LogP contribution is 2.29. The highest BCUT2D eigenvalue weighted by atomic mass is 32.2. The van der Waals surface area contributed by atoms with Crippen LogP contribution in [-0.4, -0.2) is 104 Å². The van der Waals surface area contributed by atoms with Gasteiger partial charge in [-0.15, -0.1) is 11.8 Å². The summed E-state index contributed by atoms with van der Waals surface area (Å²) in [7, 11) is 0. The maximum atomic E-state index is 12.6. The molecule has 0 saturated carbocycles. The van der Waals surface area contributed by atoms with Gasteiger partial charge in [0.05, 0.1) is 25.1 Å². The zero-order valence-corrected chi connectivity index (χ0v) is 19.3. The molecule has 1 aliphatic heterocycles. The van der Waals surface area contributed by atoms with Crippen molar-refractivity contribution in [3.05, 3.63) is 23.2 Å². The molecule has 0 spiro atoms. The van der Waals surface area contributed by atoms with E-state index in [2.05, 4.69) is 5.32 Å². The Morgan fingerprint density at radius 1 is 1.21 bits per heavy atom. The monoisotopic (exact) mass is 493 g/mol. The van der Waals surface area contributed by atoms with Gasteiger partial charge >= 0.3 is 5.97 Å². The summed E-state index contributed by atoms with van der Waals surface area (Å²) in [5.74, 6) is -1.50. The molecule has 0 bridgehead atoms. The largest absolute Gasteiger partial charge is 0.463 e. The first-order valence-electron chi connectivity index (χ1n) is 10.4. The van der Waals surface area contributed by atoms with Crippen LogP contribution >= 0.6 is 11.8 Å². The molecule has 12 nitrogen and oxygen atoms in total. The highest BCUT2D eigenvalue weighted by Gasteiger charge is 2.42. The number of furan rings is 1. The summed E-state index contributed by atoms with van der Waals surface area (Å²) < 4.78 is 15.9. The van der Waals surface area contributed by atoms with Gasteiger partial charge in [-0.05, 0) is 26.8 Å². The van der Waals surface area contributed by atoms with E-state index < -0.39 is 66.6 Å². The fourth-order valence-electron chi connectivity index (χ4n) is 3.25. The number of ether oxygens (including phenoxy) is 2. The fourth-order valence-corrected chi connectivity index (χ4v) is 4.26. The van der Waals surface area contributed by atoms with Crippen molar-refractivity contribution in [3.8, 4) is 0 Å². The number of rotatable bonds is 10. The molecule has 7 N–H and O–H groups in total. The number of hydrogen-bond donors (Lipinski definition) is 7. The van der Waals surface area contributed by atoms with Crippen molar-refractivity contribution in [2.24, 2.45) is 0 Å². The Bertz CT molecular complexity index is 803. The van der Waals surface area contributed by atoms with Crippen molar-refractivity contribution < 1.29 is 54.1 Å². The van der Waals surface area contributed by atoms with E-state index in [-0.39, 0.29) is 29.4 Å². The highest BCUT2D eigenvalue weighted by molar-refractivity contribution is 8.00. The summed E-state index contributed by atoms with van der Waals surface area (Å²) in [4.78, 5) is 24.6. The van der Waals surface area contributed by atoms with E-state index in [4.69, 9.17) is 13.9 Å². The summed E-state index contributed by atoms with van der Waals surface area (Å²) >= 11 is 0.852. The first-order chi connectivity index (χ1) is 15.5. The van der Waals surface area contributed by atoms with Gasteiger partial charge in [-0.25, -0.2) is 4.79 Å². The van der Waals surface area contributed by atoms with Gasteiger partial charge in [-0.3, -0.25) is 4.79 Å². The first-order valence-corrected chi connectivity index (χ1v) is 11.4. The summed E-state index contributed by atoms with van der Waals surface area (Å²) in [5.41, 5.74) is -0.928. The number of hydrogen-bond acceptors (Lipinski definition) is 12. The second kappa shape index (κ2) is 12.1. The van der Waals surface area contributed by atoms with Crippen molar-refractivity contribution in [2.45, 2.75) is 68.9 Å². The molecular weight excluding hydrogens is 462 g/mol. The molecule has 0 aromatic carbocycles. The van der Waals surface area contributed by atoms with Gasteiger partial charge in [0.1, 0.15) is 59.1 Å². The number of thioether (sulfide) groups is 1. The lowest BCUT2D eigenvalue weighted by Crippen LogP contribution is -2.55. The van der Waals surface area contributed by atoms with E-state index in [9.17, 15) is 40.2 Å². The van der Waals surface area contributed by atoms with Gasteiger partial charge < -0.3 is 49.8 Å². The van der Waals surface area contributed by atoms with E-state index in [0.29, 0.717) is 0 Å². The minimum atomic E-state index is -1.68. The van der Waals surface area contributed by atoms with Crippen LogP contribution in [-0.2, 0) is 14.3 Å². The summed E-state index contributed by atoms with van der Waals surface area (Å²) in [6, 6.07) is -0.0581. The molecule has 1 aromatic rings. The molecule has 1 fully saturated rings. The Hall–Kier alpha value is -1.71. The zero-order chi connectivity index (χ0) is 24.9.